The third kappa shape index (κ3) is 34.1. The second-order valence-corrected chi connectivity index (χ2v) is 26.5. The van der Waals surface area contributed by atoms with Gasteiger partial charge in [-0.1, -0.05) is 186 Å². The Morgan fingerprint density at radius 1 is 0.421 bits per heavy atom. The van der Waals surface area contributed by atoms with Gasteiger partial charge in [0.05, 0.1) is 64.4 Å². The third-order valence-corrected chi connectivity index (χ3v) is 16.0. The van der Waals surface area contributed by atoms with E-state index in [0.29, 0.717) is 50.9 Å². The van der Waals surface area contributed by atoms with Crippen LogP contribution in [0.3, 0.4) is 0 Å². The molecule has 9 aromatic rings. The molecule has 0 aliphatic heterocycles. The molecule has 0 spiro atoms. The number of methoxy groups -OCH3 is 4. The molecular weight excluding hydrogens is 1670 g/mol. The van der Waals surface area contributed by atoms with E-state index in [1.807, 2.05) is 146 Å². The Morgan fingerprint density at radius 3 is 1.03 bits per heavy atom. The average Bonchev–Trinajstić information content (AvgIpc) is 0.813. The lowest BCUT2D eigenvalue weighted by Crippen LogP contribution is -2.32. The fourth-order valence-electron chi connectivity index (χ4n) is 8.29. The van der Waals surface area contributed by atoms with Gasteiger partial charge in [0.2, 0.25) is 0 Å². The number of rotatable bonds is 18. The highest BCUT2D eigenvalue weighted by Crippen LogP contribution is 2.35. The molecule has 22 nitrogen and oxygen atoms in total. The van der Waals surface area contributed by atoms with Gasteiger partial charge in [0.1, 0.15) is 89.2 Å². The van der Waals surface area contributed by atoms with Crippen LogP contribution in [-0.4, -0.2) is 103 Å². The van der Waals surface area contributed by atoms with Crippen molar-refractivity contribution in [1.29, 1.82) is 0 Å². The van der Waals surface area contributed by atoms with Crippen LogP contribution in [0, 0.1) is 31.4 Å². The summed E-state index contributed by atoms with van der Waals surface area (Å²) in [5, 5.41) is 42.1. The average molecular weight is 1750 g/mol. The van der Waals surface area contributed by atoms with Crippen LogP contribution in [0.25, 0.3) is 0 Å². The lowest BCUT2D eigenvalue weighted by molar-refractivity contribution is 0.0528. The summed E-state index contributed by atoms with van der Waals surface area (Å²) >= 11 is 7.30. The number of amides is 2. The summed E-state index contributed by atoms with van der Waals surface area (Å²) in [6.45, 7) is 12.0. The van der Waals surface area contributed by atoms with Crippen molar-refractivity contribution in [3.05, 3.63) is 269 Å². The lowest BCUT2D eigenvalue weighted by Gasteiger charge is -2.19. The maximum atomic E-state index is 12.4. The summed E-state index contributed by atoms with van der Waals surface area (Å²) in [7, 11) is 5.13. The Morgan fingerprint density at radius 2 is 0.720 bits per heavy atom. The van der Waals surface area contributed by atoms with Crippen molar-refractivity contribution in [2.75, 3.05) is 35.0 Å². The van der Waals surface area contributed by atoms with Gasteiger partial charge in [0.25, 0.3) is 0 Å². The molecule has 9 rings (SSSR count). The zero-order valence-corrected chi connectivity index (χ0v) is 66.3. The summed E-state index contributed by atoms with van der Waals surface area (Å²) < 4.78 is 53.8. The highest BCUT2D eigenvalue weighted by atomic mass is 127. The quantitative estimate of drug-likeness (QED) is 0.0116. The van der Waals surface area contributed by atoms with Crippen molar-refractivity contribution in [1.82, 2.24) is 10.6 Å². The molecule has 0 unspecified atom stereocenters. The molecule has 0 aliphatic rings. The maximum absolute atomic E-state index is 12.4. The minimum atomic E-state index is -0.613. The predicted octanol–water partition coefficient (Wildman–Crippen LogP) is 16.8. The normalized spacial score (nSPS) is 10.1. The molecule has 0 saturated heterocycles. The molecule has 0 aliphatic carbocycles. The summed E-state index contributed by atoms with van der Waals surface area (Å²) in [4.78, 5) is 68.9. The molecule has 6 N–H and O–H groups in total. The van der Waals surface area contributed by atoms with E-state index in [9.17, 15) is 39.0 Å². The van der Waals surface area contributed by atoms with Gasteiger partial charge in [-0.05, 0) is 163 Å². The van der Waals surface area contributed by atoms with Crippen molar-refractivity contribution in [2.45, 2.75) is 84.5 Å². The van der Waals surface area contributed by atoms with Crippen LogP contribution in [-0.2, 0) is 60.2 Å². The Bertz CT molecular complexity index is 4260. The molecule has 2 amide bonds. The number of phenols is 4. The number of carbonyl (C=O) groups is 6. The van der Waals surface area contributed by atoms with Gasteiger partial charge in [-0.15, -0.1) is 0 Å². The Kier molecular flexibility index (Phi) is 38.5. The van der Waals surface area contributed by atoms with E-state index in [2.05, 4.69) is 82.6 Å². The molecule has 562 valence electrons. The van der Waals surface area contributed by atoms with Crippen LogP contribution < -0.4 is 29.6 Å². The first-order valence-electron chi connectivity index (χ1n) is 32.3. The molecule has 0 bridgehead atoms. The Labute approximate surface area is 658 Å². The molecular formula is C82H83BrI2N2O20. The van der Waals surface area contributed by atoms with Gasteiger partial charge >= 0.3 is 36.1 Å². The number of nitrogens with one attached hydrogen (secondary N) is 2. The number of aromatic hydroxyl groups is 4. The standard InChI is InChI=1S/C30H31NO6.C22H19IO4.C8H7IO4.C8H8O4.C7H7Br.C7H11NO2/c1-30(2,3)37-29(33)31-17-11-16-25-26(35-20-22-12-7-5-8-13-22)18-24(28(32)34-4)19-27(25)36-21-23-14-9-6-10-15-23;1-25-22(24)18-12-19(26-14-16-8-4-2-5-9-16)21(23)20(13-18)27-15-17-10-6-3-7-11-17;1-13-8(12)4-2-5(10)7(9)6(11)3-4;1-12-8(11)5-2-6(9)4-7(10)3-5;8-6-7-4-2-1-3-5-7;1-5-8-6(9)10-7(2,3)4/h5-10,12-15,18-19H,17,20-21H2,1-4H3,(H,31,33);2-13H,14-15H2,1H3;2-3,10-11H,1H3;2-4,9-10H,1H3;1-5H,6H2;1H,2-4H3,(H,8,9). The third-order valence-electron chi connectivity index (χ3n) is 13.1. The number of hydrogen-bond acceptors (Lipinski definition) is 20. The topological polar surface area (TPSA) is 300 Å². The second-order valence-electron chi connectivity index (χ2n) is 23.8. The molecule has 9 aromatic carbocycles. The number of alkyl halides is 1. The minimum absolute atomic E-state index is 0.0456. The number of hydrogen-bond donors (Lipinski definition) is 6. The van der Waals surface area contributed by atoms with Gasteiger partial charge in [-0.25, -0.2) is 34.1 Å². The molecule has 0 heterocycles. The summed E-state index contributed by atoms with van der Waals surface area (Å²) in [6.07, 6.45) is 3.63. The highest BCUT2D eigenvalue weighted by Gasteiger charge is 2.21. The van der Waals surface area contributed by atoms with Gasteiger partial charge in [-0.3, -0.25) is 0 Å². The lowest BCUT2D eigenvalue weighted by atomic mass is 10.1. The van der Waals surface area contributed by atoms with Crippen LogP contribution >= 0.6 is 61.1 Å². The van der Waals surface area contributed by atoms with Gasteiger partial charge in [-0.2, -0.15) is 0 Å². The number of ether oxygens (including phenoxy) is 10. The number of benzene rings is 9. The van der Waals surface area contributed by atoms with Gasteiger partial charge < -0.3 is 73.1 Å². The minimum Gasteiger partial charge on any atom is -0.508 e. The summed E-state index contributed by atoms with van der Waals surface area (Å²) in [5.74, 6) is 5.09. The predicted molar refractivity (Wildman–Crippen MR) is 425 cm³/mol. The number of carbonyl (C=O) groups excluding carboxylic acids is 6. The Hall–Kier alpha value is -11.1. The monoisotopic (exact) mass is 1750 g/mol. The molecule has 0 aromatic heterocycles. The molecule has 0 atom stereocenters. The number of esters is 4. The molecule has 0 saturated carbocycles. The van der Waals surface area contributed by atoms with Gasteiger partial charge in [0.15, 0.2) is 0 Å². The van der Waals surface area contributed by atoms with Crippen LogP contribution in [0.15, 0.2) is 206 Å². The molecule has 25 heteroatoms. The van der Waals surface area contributed by atoms with Crippen molar-refractivity contribution in [2.24, 2.45) is 0 Å². The first kappa shape index (κ1) is 88.3. The van der Waals surface area contributed by atoms with Crippen molar-refractivity contribution in [3.8, 4) is 70.3 Å². The maximum Gasteiger partial charge on any atom is 0.419 e. The number of terminal acetylenes is 1. The molecule has 0 fully saturated rings. The molecule has 107 heavy (non-hydrogen) atoms. The van der Waals surface area contributed by atoms with E-state index in [4.69, 9.17) is 54.5 Å². The van der Waals surface area contributed by atoms with E-state index >= 15 is 0 Å². The van der Waals surface area contributed by atoms with Crippen LogP contribution in [0.1, 0.15) is 116 Å². The number of phenolic OH excluding ortho intramolecular Hbond substituents is 4. The van der Waals surface area contributed by atoms with Crippen molar-refractivity contribution >= 4 is 97.2 Å². The van der Waals surface area contributed by atoms with Crippen LogP contribution in [0.5, 0.6) is 46.0 Å². The van der Waals surface area contributed by atoms with E-state index in [1.165, 1.54) is 58.3 Å². The Balaban J connectivity index is 0.000000299. The summed E-state index contributed by atoms with van der Waals surface area (Å²) in [5.41, 5.74) is 5.57. The van der Waals surface area contributed by atoms with E-state index in [-0.39, 0.29) is 59.4 Å². The first-order valence-corrected chi connectivity index (χ1v) is 35.5. The van der Waals surface area contributed by atoms with Crippen LogP contribution in [0.4, 0.5) is 9.59 Å². The van der Waals surface area contributed by atoms with E-state index in [0.717, 1.165) is 37.2 Å². The summed E-state index contributed by atoms with van der Waals surface area (Å²) in [6, 6.07) is 63.8. The molecule has 0 radical (unpaired) electrons. The zero-order chi connectivity index (χ0) is 78.9. The van der Waals surface area contributed by atoms with Crippen molar-refractivity contribution in [3.63, 3.8) is 0 Å². The smallest absolute Gasteiger partial charge is 0.419 e. The number of halogens is 3. The van der Waals surface area contributed by atoms with Crippen LogP contribution in [0.2, 0.25) is 0 Å². The van der Waals surface area contributed by atoms with E-state index in [1.54, 1.807) is 88.4 Å². The van der Waals surface area contributed by atoms with E-state index < -0.39 is 47.3 Å². The number of alkyl carbamates (subject to hydrolysis) is 2. The second kappa shape index (κ2) is 46.6. The fourth-order valence-corrected chi connectivity index (χ4v) is 9.60. The fraction of sp³-hybridized carbons (Fsp3) is 0.220. The highest BCUT2D eigenvalue weighted by molar-refractivity contribution is 14.1. The largest absolute Gasteiger partial charge is 0.508 e. The first-order chi connectivity index (χ1) is 51.0. The zero-order valence-electron chi connectivity index (χ0n) is 60.4. The van der Waals surface area contributed by atoms with Crippen molar-refractivity contribution < 1.29 is 96.6 Å². The SMILES string of the molecule is BrCc1ccccc1.C#CNC(=O)OC(C)(C)C.COC(=O)c1cc(O)c(I)c(O)c1.COC(=O)c1cc(O)cc(O)c1.COC(=O)c1cc(OCc2ccccc2)c(C#CCNC(=O)OC(C)(C)C)c(OCc2ccccc2)c1.COC(=O)c1cc(OCc2ccccc2)c(I)c(OCc2ccccc2)c1. The van der Waals surface area contributed by atoms with Gasteiger partial charge in [0, 0.05) is 17.4 Å².